The molecule has 2 aliphatic rings. The summed E-state index contributed by atoms with van der Waals surface area (Å²) in [5.41, 5.74) is 0.334. The first-order valence-electron chi connectivity index (χ1n) is 7.35. The van der Waals surface area contributed by atoms with E-state index < -0.39 is 0 Å². The molecule has 1 atom stereocenters. The van der Waals surface area contributed by atoms with E-state index in [-0.39, 0.29) is 11.8 Å². The first-order valence-corrected chi connectivity index (χ1v) is 7.35. The molecule has 1 spiro atoms. The van der Waals surface area contributed by atoms with Crippen LogP contribution in [0.25, 0.3) is 0 Å². The van der Waals surface area contributed by atoms with Gasteiger partial charge in [0.1, 0.15) is 0 Å². The van der Waals surface area contributed by atoms with Crippen molar-refractivity contribution in [2.45, 2.75) is 19.3 Å². The Morgan fingerprint density at radius 2 is 2.11 bits per heavy atom. The normalized spacial score (nSPS) is 24.7. The summed E-state index contributed by atoms with van der Waals surface area (Å²) in [7, 11) is 4.05. The lowest BCUT2D eigenvalue weighted by Crippen LogP contribution is -2.35. The third-order valence-electron chi connectivity index (χ3n) is 4.33. The quantitative estimate of drug-likeness (QED) is 0.642. The van der Waals surface area contributed by atoms with E-state index in [9.17, 15) is 4.79 Å². The Balaban J connectivity index is 1.54. The van der Waals surface area contributed by atoms with Gasteiger partial charge in [0.2, 0.25) is 5.91 Å². The molecule has 1 saturated heterocycles. The average Bonchev–Trinajstić information content (AvgIpc) is 3.07. The summed E-state index contributed by atoms with van der Waals surface area (Å²) in [6.45, 7) is 5.03. The van der Waals surface area contributed by atoms with Crippen LogP contribution in [0, 0.1) is 11.3 Å². The van der Waals surface area contributed by atoms with Gasteiger partial charge in [-0.3, -0.25) is 4.79 Å². The van der Waals surface area contributed by atoms with Crippen LogP contribution in [0.4, 0.5) is 0 Å². The van der Waals surface area contributed by atoms with Crippen LogP contribution < -0.4 is 10.6 Å². The van der Waals surface area contributed by atoms with Gasteiger partial charge in [-0.25, -0.2) is 0 Å². The molecule has 1 unspecified atom stereocenters. The van der Waals surface area contributed by atoms with Gasteiger partial charge in [-0.05, 0) is 51.9 Å². The molecule has 2 N–H and O–H groups in total. The van der Waals surface area contributed by atoms with E-state index in [1.165, 1.54) is 0 Å². The fraction of sp³-hybridized carbons (Fsp3) is 0.929. The number of nitrogens with zero attached hydrogens (tertiary/aromatic N) is 1. The second-order valence-corrected chi connectivity index (χ2v) is 6.08. The highest BCUT2D eigenvalue weighted by Crippen LogP contribution is 2.58. The minimum absolute atomic E-state index is 0.234. The number of hydrogen-bond donors (Lipinski definition) is 2. The van der Waals surface area contributed by atoms with Crippen molar-refractivity contribution in [3.05, 3.63) is 0 Å². The molecular formula is C14H27N3O2. The first kappa shape index (κ1) is 14.8. The number of hydrogen-bond acceptors (Lipinski definition) is 4. The predicted octanol–water partition coefficient (Wildman–Crippen LogP) is 0.0705. The number of ether oxygens (including phenoxy) is 1. The summed E-state index contributed by atoms with van der Waals surface area (Å²) < 4.78 is 5.47. The summed E-state index contributed by atoms with van der Waals surface area (Å²) in [5, 5.41) is 6.37. The molecule has 1 saturated carbocycles. The number of amides is 1. The number of carbonyl (C=O) groups is 1. The van der Waals surface area contributed by atoms with Crippen molar-refractivity contribution >= 4 is 5.91 Å². The van der Waals surface area contributed by atoms with Gasteiger partial charge >= 0.3 is 0 Å². The maximum absolute atomic E-state index is 12.0. The Bertz CT molecular complexity index is 301. The summed E-state index contributed by atoms with van der Waals surface area (Å²) in [6.07, 6.45) is 3.40. The van der Waals surface area contributed by atoms with Crippen molar-refractivity contribution < 1.29 is 9.53 Å². The molecule has 2 rings (SSSR count). The SMILES string of the molecule is CN(C)CCOCCNC(=O)C1CC12CCNCC2. The Morgan fingerprint density at radius 3 is 2.79 bits per heavy atom. The Kier molecular flexibility index (Phi) is 5.19. The highest BCUT2D eigenvalue weighted by molar-refractivity contribution is 5.82. The van der Waals surface area contributed by atoms with Gasteiger partial charge in [0.15, 0.2) is 0 Å². The summed E-state index contributed by atoms with van der Waals surface area (Å²) in [6, 6.07) is 0. The highest BCUT2D eigenvalue weighted by atomic mass is 16.5. The average molecular weight is 269 g/mol. The largest absolute Gasteiger partial charge is 0.378 e. The molecule has 5 heteroatoms. The third-order valence-corrected chi connectivity index (χ3v) is 4.33. The lowest BCUT2D eigenvalue weighted by Gasteiger charge is -2.23. The summed E-state index contributed by atoms with van der Waals surface area (Å²) in [5.74, 6) is 0.495. The predicted molar refractivity (Wildman–Crippen MR) is 75.0 cm³/mol. The van der Waals surface area contributed by atoms with Crippen LogP contribution in [0.5, 0.6) is 0 Å². The molecule has 0 aromatic carbocycles. The number of likely N-dealkylation sites (N-methyl/N-ethyl adjacent to an activating group) is 1. The second-order valence-electron chi connectivity index (χ2n) is 6.08. The van der Waals surface area contributed by atoms with Crippen molar-refractivity contribution in [3.8, 4) is 0 Å². The standard InChI is InChI=1S/C14H27N3O2/c1-17(2)8-10-19-9-7-16-13(18)12-11-14(12)3-5-15-6-4-14/h12,15H,3-11H2,1-2H3,(H,16,18). The van der Waals surface area contributed by atoms with Gasteiger partial charge in [-0.1, -0.05) is 0 Å². The van der Waals surface area contributed by atoms with E-state index >= 15 is 0 Å². The van der Waals surface area contributed by atoms with Crippen LogP contribution in [-0.2, 0) is 9.53 Å². The van der Waals surface area contributed by atoms with Crippen LogP contribution >= 0.6 is 0 Å². The number of rotatable bonds is 7. The lowest BCUT2D eigenvalue weighted by atomic mass is 9.92. The highest BCUT2D eigenvalue weighted by Gasteiger charge is 2.57. The molecule has 2 fully saturated rings. The molecule has 0 radical (unpaired) electrons. The maximum atomic E-state index is 12.0. The zero-order valence-electron chi connectivity index (χ0n) is 12.2. The lowest BCUT2D eigenvalue weighted by molar-refractivity contribution is -0.123. The molecule has 1 aliphatic heterocycles. The monoisotopic (exact) mass is 269 g/mol. The fourth-order valence-corrected chi connectivity index (χ4v) is 2.91. The molecular weight excluding hydrogens is 242 g/mol. The van der Waals surface area contributed by atoms with Gasteiger partial charge in [0, 0.05) is 19.0 Å². The molecule has 0 aromatic rings. The van der Waals surface area contributed by atoms with Crippen LogP contribution in [0.2, 0.25) is 0 Å². The van der Waals surface area contributed by atoms with Gasteiger partial charge < -0.3 is 20.3 Å². The topological polar surface area (TPSA) is 53.6 Å². The second kappa shape index (κ2) is 6.68. The Labute approximate surface area is 116 Å². The van der Waals surface area contributed by atoms with Crippen LogP contribution in [0.15, 0.2) is 0 Å². The third kappa shape index (κ3) is 4.16. The number of carbonyl (C=O) groups excluding carboxylic acids is 1. The molecule has 110 valence electrons. The molecule has 1 heterocycles. The van der Waals surface area contributed by atoms with Crippen LogP contribution in [-0.4, -0.2) is 64.3 Å². The van der Waals surface area contributed by atoms with Gasteiger partial charge in [0.25, 0.3) is 0 Å². The van der Waals surface area contributed by atoms with Crippen molar-refractivity contribution in [2.24, 2.45) is 11.3 Å². The maximum Gasteiger partial charge on any atom is 0.223 e. The molecule has 19 heavy (non-hydrogen) atoms. The molecule has 5 nitrogen and oxygen atoms in total. The van der Waals surface area contributed by atoms with Crippen molar-refractivity contribution in [1.29, 1.82) is 0 Å². The summed E-state index contributed by atoms with van der Waals surface area (Å²) in [4.78, 5) is 14.1. The zero-order chi connectivity index (χ0) is 13.7. The molecule has 1 aliphatic carbocycles. The van der Waals surface area contributed by atoms with E-state index in [0.717, 1.165) is 45.5 Å². The van der Waals surface area contributed by atoms with Crippen molar-refractivity contribution in [3.63, 3.8) is 0 Å². The minimum atomic E-state index is 0.234. The Hall–Kier alpha value is -0.650. The van der Waals surface area contributed by atoms with E-state index in [1.807, 2.05) is 14.1 Å². The van der Waals surface area contributed by atoms with E-state index in [1.54, 1.807) is 0 Å². The van der Waals surface area contributed by atoms with Crippen LogP contribution in [0.1, 0.15) is 19.3 Å². The fourth-order valence-electron chi connectivity index (χ4n) is 2.91. The van der Waals surface area contributed by atoms with E-state index in [4.69, 9.17) is 4.74 Å². The molecule has 0 aromatic heterocycles. The smallest absolute Gasteiger partial charge is 0.223 e. The Morgan fingerprint density at radius 1 is 1.37 bits per heavy atom. The van der Waals surface area contributed by atoms with Gasteiger partial charge in [-0.2, -0.15) is 0 Å². The van der Waals surface area contributed by atoms with Crippen LogP contribution in [0.3, 0.4) is 0 Å². The number of nitrogens with one attached hydrogen (secondary N) is 2. The zero-order valence-corrected chi connectivity index (χ0v) is 12.2. The first-order chi connectivity index (χ1) is 9.14. The molecule has 0 bridgehead atoms. The van der Waals surface area contributed by atoms with Gasteiger partial charge in [0.05, 0.1) is 13.2 Å². The molecule has 1 amide bonds. The van der Waals surface area contributed by atoms with E-state index in [0.29, 0.717) is 18.6 Å². The minimum Gasteiger partial charge on any atom is -0.378 e. The summed E-state index contributed by atoms with van der Waals surface area (Å²) >= 11 is 0. The van der Waals surface area contributed by atoms with Crippen molar-refractivity contribution in [1.82, 2.24) is 15.5 Å². The van der Waals surface area contributed by atoms with Gasteiger partial charge in [-0.15, -0.1) is 0 Å². The number of piperidine rings is 1. The van der Waals surface area contributed by atoms with E-state index in [2.05, 4.69) is 15.5 Å². The van der Waals surface area contributed by atoms with Crippen molar-refractivity contribution in [2.75, 3.05) is 53.5 Å².